The smallest absolute Gasteiger partial charge is 0.0562 e. The van der Waals surface area contributed by atoms with Crippen molar-refractivity contribution >= 4 is 0 Å². The van der Waals surface area contributed by atoms with Gasteiger partial charge in [0, 0.05) is 6.04 Å². The summed E-state index contributed by atoms with van der Waals surface area (Å²) in [5.41, 5.74) is 16.1. The molecule has 3 nitrogen and oxygen atoms in total. The maximum Gasteiger partial charge on any atom is 0.0562 e. The summed E-state index contributed by atoms with van der Waals surface area (Å²) in [5.74, 6) is 0.204. The summed E-state index contributed by atoms with van der Waals surface area (Å²) in [4.78, 5) is 0. The second-order valence-corrected chi connectivity index (χ2v) is 2.30. The van der Waals surface area contributed by atoms with Crippen LogP contribution >= 0.6 is 0 Å². The summed E-state index contributed by atoms with van der Waals surface area (Å²) >= 11 is 0. The predicted molar refractivity (Wildman–Crippen MR) is 35.0 cm³/mol. The fourth-order valence-corrected chi connectivity index (χ4v) is 0.351. The predicted octanol–water partition coefficient (Wildman–Crippen LogP) is -0.787. The van der Waals surface area contributed by atoms with Crippen molar-refractivity contribution in [2.75, 3.05) is 0 Å². The summed E-state index contributed by atoms with van der Waals surface area (Å²) < 4.78 is 0. The average Bonchev–Trinajstić information content (AvgIpc) is 1.64. The first-order valence-electron chi connectivity index (χ1n) is 2.82. The van der Waals surface area contributed by atoms with E-state index in [9.17, 15) is 0 Å². The van der Waals surface area contributed by atoms with Crippen LogP contribution in [0.2, 0.25) is 0 Å². The van der Waals surface area contributed by atoms with Gasteiger partial charge in [-0.2, -0.15) is 0 Å². The number of nitrogens with two attached hydrogens (primary N) is 3. The lowest BCUT2D eigenvalue weighted by atomic mass is 10.0. The maximum absolute atomic E-state index is 5.48. The fraction of sp³-hybridized carbons (Fsp3) is 1.00. The van der Waals surface area contributed by atoms with Gasteiger partial charge >= 0.3 is 0 Å². The second-order valence-electron chi connectivity index (χ2n) is 2.30. The van der Waals surface area contributed by atoms with E-state index in [0.29, 0.717) is 0 Å². The van der Waals surface area contributed by atoms with Gasteiger partial charge in [-0.25, -0.2) is 0 Å². The van der Waals surface area contributed by atoms with Crippen LogP contribution in [0.15, 0.2) is 0 Å². The van der Waals surface area contributed by atoms with E-state index in [2.05, 4.69) is 0 Å². The van der Waals surface area contributed by atoms with Crippen LogP contribution in [0.5, 0.6) is 0 Å². The molecule has 0 aromatic rings. The Morgan fingerprint density at radius 1 is 1.00 bits per heavy atom. The van der Waals surface area contributed by atoms with Crippen molar-refractivity contribution in [1.29, 1.82) is 0 Å². The molecule has 0 amide bonds. The van der Waals surface area contributed by atoms with Crippen LogP contribution in [0.3, 0.4) is 0 Å². The van der Waals surface area contributed by atoms with E-state index in [4.69, 9.17) is 17.2 Å². The standard InChI is InChI=1S/C5H15N3/c1-3(4(2)6)5(7)8/h3-5H,6-8H2,1-2H3. The van der Waals surface area contributed by atoms with Crippen LogP contribution in [0.4, 0.5) is 0 Å². The molecule has 8 heavy (non-hydrogen) atoms. The maximum atomic E-state index is 5.48. The Labute approximate surface area is 50.2 Å². The zero-order valence-corrected chi connectivity index (χ0v) is 5.46. The molecule has 0 radical (unpaired) electrons. The third-order valence-corrected chi connectivity index (χ3v) is 1.44. The molecule has 2 unspecified atom stereocenters. The summed E-state index contributed by atoms with van der Waals surface area (Å²) in [6.07, 6.45) is -0.282. The minimum absolute atomic E-state index is 0.0926. The van der Waals surface area contributed by atoms with E-state index < -0.39 is 0 Å². The first kappa shape index (κ1) is 7.88. The van der Waals surface area contributed by atoms with Crippen molar-refractivity contribution in [3.05, 3.63) is 0 Å². The van der Waals surface area contributed by atoms with Gasteiger partial charge in [-0.05, 0) is 12.8 Å². The Bertz CT molecular complexity index is 52.7. The normalized spacial score (nSPS) is 18.8. The third-order valence-electron chi connectivity index (χ3n) is 1.44. The molecule has 0 aliphatic rings. The third kappa shape index (κ3) is 2.26. The van der Waals surface area contributed by atoms with Gasteiger partial charge in [0.05, 0.1) is 6.17 Å². The largest absolute Gasteiger partial charge is 0.328 e. The second kappa shape index (κ2) is 3.02. The SMILES string of the molecule is CC(N)C(C)C(N)N. The van der Waals surface area contributed by atoms with Gasteiger partial charge in [0.2, 0.25) is 0 Å². The van der Waals surface area contributed by atoms with Crippen LogP contribution in [-0.4, -0.2) is 12.2 Å². The molecule has 2 atom stereocenters. The first-order chi connectivity index (χ1) is 3.55. The minimum Gasteiger partial charge on any atom is -0.328 e. The minimum atomic E-state index is -0.282. The molecule has 0 aromatic heterocycles. The molecule has 0 saturated carbocycles. The van der Waals surface area contributed by atoms with Gasteiger partial charge < -0.3 is 17.2 Å². The van der Waals surface area contributed by atoms with Crippen LogP contribution < -0.4 is 17.2 Å². The Morgan fingerprint density at radius 3 is 1.38 bits per heavy atom. The molecule has 0 saturated heterocycles. The zero-order valence-electron chi connectivity index (χ0n) is 5.46. The number of rotatable bonds is 2. The lowest BCUT2D eigenvalue weighted by molar-refractivity contribution is 0.402. The van der Waals surface area contributed by atoms with Gasteiger partial charge in [0.25, 0.3) is 0 Å². The molecule has 0 aromatic carbocycles. The molecule has 50 valence electrons. The molecule has 0 spiro atoms. The molecule has 6 N–H and O–H groups in total. The Hall–Kier alpha value is -0.120. The van der Waals surface area contributed by atoms with Crippen molar-refractivity contribution in [2.45, 2.75) is 26.1 Å². The van der Waals surface area contributed by atoms with Crippen molar-refractivity contribution in [3.8, 4) is 0 Å². The summed E-state index contributed by atoms with van der Waals surface area (Å²) in [7, 11) is 0. The average molecular weight is 117 g/mol. The molecule has 0 aliphatic heterocycles. The van der Waals surface area contributed by atoms with Crippen molar-refractivity contribution in [3.63, 3.8) is 0 Å². The number of hydrogen-bond acceptors (Lipinski definition) is 3. The van der Waals surface area contributed by atoms with Crippen LogP contribution in [-0.2, 0) is 0 Å². The monoisotopic (exact) mass is 117 g/mol. The van der Waals surface area contributed by atoms with Crippen molar-refractivity contribution in [2.24, 2.45) is 23.1 Å². The molecule has 3 heteroatoms. The Morgan fingerprint density at radius 2 is 1.38 bits per heavy atom. The highest BCUT2D eigenvalue weighted by atomic mass is 14.9. The molecule has 0 heterocycles. The van der Waals surface area contributed by atoms with E-state index in [0.717, 1.165) is 0 Å². The summed E-state index contributed by atoms with van der Waals surface area (Å²) in [5, 5.41) is 0. The molecule has 0 rings (SSSR count). The molecule has 0 bridgehead atoms. The number of hydrogen-bond donors (Lipinski definition) is 3. The molecule has 0 fully saturated rings. The van der Waals surface area contributed by atoms with Crippen LogP contribution in [0.25, 0.3) is 0 Å². The van der Waals surface area contributed by atoms with Crippen LogP contribution in [0.1, 0.15) is 13.8 Å². The molecular weight excluding hydrogens is 102 g/mol. The Balaban J connectivity index is 3.46. The van der Waals surface area contributed by atoms with Crippen molar-refractivity contribution in [1.82, 2.24) is 0 Å². The lowest BCUT2D eigenvalue weighted by Gasteiger charge is -2.18. The first-order valence-corrected chi connectivity index (χ1v) is 2.82. The van der Waals surface area contributed by atoms with Gasteiger partial charge in [-0.3, -0.25) is 0 Å². The topological polar surface area (TPSA) is 78.1 Å². The summed E-state index contributed by atoms with van der Waals surface area (Å²) in [6.45, 7) is 3.84. The highest BCUT2D eigenvalue weighted by Gasteiger charge is 2.11. The Kier molecular flexibility index (Phi) is 2.97. The highest BCUT2D eigenvalue weighted by molar-refractivity contribution is 4.69. The van der Waals surface area contributed by atoms with E-state index in [-0.39, 0.29) is 18.1 Å². The molecular formula is C5H15N3. The van der Waals surface area contributed by atoms with Crippen molar-refractivity contribution < 1.29 is 0 Å². The molecule has 0 aliphatic carbocycles. The lowest BCUT2D eigenvalue weighted by Crippen LogP contribution is -2.44. The quantitative estimate of drug-likeness (QED) is 0.415. The fourth-order valence-electron chi connectivity index (χ4n) is 0.351. The zero-order chi connectivity index (χ0) is 6.73. The van der Waals surface area contributed by atoms with Gasteiger partial charge in [0.15, 0.2) is 0 Å². The van der Waals surface area contributed by atoms with Crippen LogP contribution in [0, 0.1) is 5.92 Å². The van der Waals surface area contributed by atoms with E-state index in [1.165, 1.54) is 0 Å². The van der Waals surface area contributed by atoms with Gasteiger partial charge in [0.1, 0.15) is 0 Å². The van der Waals surface area contributed by atoms with E-state index in [1.54, 1.807) is 0 Å². The van der Waals surface area contributed by atoms with Gasteiger partial charge in [-0.1, -0.05) is 6.92 Å². The van der Waals surface area contributed by atoms with Gasteiger partial charge in [-0.15, -0.1) is 0 Å². The van der Waals surface area contributed by atoms with E-state index in [1.807, 2.05) is 13.8 Å². The summed E-state index contributed by atoms with van der Waals surface area (Å²) in [6, 6.07) is 0.0926. The highest BCUT2D eigenvalue weighted by Crippen LogP contribution is 1.98. The van der Waals surface area contributed by atoms with E-state index >= 15 is 0 Å².